The van der Waals surface area contributed by atoms with Crippen molar-refractivity contribution >= 4 is 0 Å². The lowest BCUT2D eigenvalue weighted by Crippen LogP contribution is -2.29. The Kier molecular flexibility index (Phi) is 4.87. The quantitative estimate of drug-likeness (QED) is 0.806. The van der Waals surface area contributed by atoms with E-state index in [2.05, 4.69) is 19.2 Å². The number of nitrogens with one attached hydrogen (secondary N) is 1. The Bertz CT molecular complexity index is 339. The summed E-state index contributed by atoms with van der Waals surface area (Å²) in [5, 5.41) is 3.29. The minimum Gasteiger partial charge on any atom is -0.308 e. The molecule has 0 saturated carbocycles. The van der Waals surface area contributed by atoms with Gasteiger partial charge in [-0.2, -0.15) is 0 Å². The van der Waals surface area contributed by atoms with Crippen LogP contribution in [0.3, 0.4) is 0 Å². The molecule has 0 heterocycles. The van der Waals surface area contributed by atoms with Gasteiger partial charge in [0.05, 0.1) is 0 Å². The third-order valence-electron chi connectivity index (χ3n) is 2.69. The maximum atomic E-state index is 13.5. The van der Waals surface area contributed by atoms with Crippen LogP contribution < -0.4 is 5.32 Å². The van der Waals surface area contributed by atoms with Gasteiger partial charge >= 0.3 is 0 Å². The first-order valence-corrected chi connectivity index (χ1v) is 5.75. The van der Waals surface area contributed by atoms with E-state index in [1.807, 2.05) is 6.92 Å². The van der Waals surface area contributed by atoms with Crippen molar-refractivity contribution in [2.75, 3.05) is 0 Å². The Morgan fingerprint density at radius 1 is 1.25 bits per heavy atom. The number of hydrogen-bond acceptors (Lipinski definition) is 1. The van der Waals surface area contributed by atoms with Crippen LogP contribution in [0.4, 0.5) is 8.78 Å². The van der Waals surface area contributed by atoms with Crippen LogP contribution in [0.25, 0.3) is 0 Å². The van der Waals surface area contributed by atoms with Crippen molar-refractivity contribution in [3.63, 3.8) is 0 Å². The molecular formula is C13H19F2N. The molecular weight excluding hydrogens is 208 g/mol. The Hall–Kier alpha value is -0.960. The van der Waals surface area contributed by atoms with E-state index in [1.165, 1.54) is 12.1 Å². The molecule has 16 heavy (non-hydrogen) atoms. The Labute approximate surface area is 95.9 Å². The van der Waals surface area contributed by atoms with E-state index in [4.69, 9.17) is 0 Å². The van der Waals surface area contributed by atoms with Crippen LogP contribution in [0, 0.1) is 11.6 Å². The molecule has 1 aromatic carbocycles. The van der Waals surface area contributed by atoms with E-state index in [0.29, 0.717) is 11.6 Å². The molecule has 3 heteroatoms. The largest absolute Gasteiger partial charge is 0.308 e. The van der Waals surface area contributed by atoms with Crippen molar-refractivity contribution in [1.29, 1.82) is 0 Å². The zero-order valence-corrected chi connectivity index (χ0v) is 10.1. The molecule has 1 rings (SSSR count). The number of halogens is 2. The van der Waals surface area contributed by atoms with Crippen LogP contribution in [0.15, 0.2) is 18.2 Å². The first kappa shape index (κ1) is 13.1. The average Bonchev–Trinajstić information content (AvgIpc) is 2.17. The molecule has 0 aromatic heterocycles. The SMILES string of the molecule is CCCC(C)NC(C)c1ccc(F)cc1F. The van der Waals surface area contributed by atoms with E-state index in [-0.39, 0.29) is 6.04 Å². The molecule has 0 spiro atoms. The lowest BCUT2D eigenvalue weighted by Gasteiger charge is -2.20. The molecule has 0 amide bonds. The molecule has 0 aliphatic rings. The molecule has 0 aliphatic heterocycles. The molecule has 0 saturated heterocycles. The third kappa shape index (κ3) is 3.56. The zero-order chi connectivity index (χ0) is 12.1. The lowest BCUT2D eigenvalue weighted by molar-refractivity contribution is 0.439. The summed E-state index contributed by atoms with van der Waals surface area (Å²) in [5.41, 5.74) is 0.518. The average molecular weight is 227 g/mol. The van der Waals surface area contributed by atoms with Gasteiger partial charge in [0, 0.05) is 23.7 Å². The Balaban J connectivity index is 2.69. The smallest absolute Gasteiger partial charge is 0.130 e. The van der Waals surface area contributed by atoms with E-state index in [9.17, 15) is 8.78 Å². The predicted molar refractivity (Wildman–Crippen MR) is 62.3 cm³/mol. The molecule has 1 N–H and O–H groups in total. The molecule has 0 aliphatic carbocycles. The minimum atomic E-state index is -0.532. The normalized spacial score (nSPS) is 14.8. The highest BCUT2D eigenvalue weighted by Gasteiger charge is 2.13. The van der Waals surface area contributed by atoms with Crippen LogP contribution in [-0.2, 0) is 0 Å². The van der Waals surface area contributed by atoms with E-state index in [1.54, 1.807) is 0 Å². The number of hydrogen-bond donors (Lipinski definition) is 1. The van der Waals surface area contributed by atoms with Gasteiger partial charge in [-0.25, -0.2) is 8.78 Å². The number of rotatable bonds is 5. The highest BCUT2D eigenvalue weighted by molar-refractivity contribution is 5.21. The summed E-state index contributed by atoms with van der Waals surface area (Å²) in [4.78, 5) is 0. The van der Waals surface area contributed by atoms with Crippen LogP contribution in [0.1, 0.15) is 45.2 Å². The van der Waals surface area contributed by atoms with Crippen molar-refractivity contribution < 1.29 is 8.78 Å². The van der Waals surface area contributed by atoms with Gasteiger partial charge in [-0.05, 0) is 26.3 Å². The second-order valence-corrected chi connectivity index (χ2v) is 4.24. The van der Waals surface area contributed by atoms with Gasteiger partial charge in [-0.1, -0.05) is 19.4 Å². The molecule has 2 unspecified atom stereocenters. The fourth-order valence-electron chi connectivity index (χ4n) is 1.89. The van der Waals surface area contributed by atoms with Gasteiger partial charge in [0.25, 0.3) is 0 Å². The molecule has 0 fully saturated rings. The van der Waals surface area contributed by atoms with Gasteiger partial charge in [0.1, 0.15) is 11.6 Å². The summed E-state index contributed by atoms with van der Waals surface area (Å²) in [5.74, 6) is -1.02. The zero-order valence-electron chi connectivity index (χ0n) is 10.1. The molecule has 1 nitrogen and oxygen atoms in total. The fourth-order valence-corrected chi connectivity index (χ4v) is 1.89. The standard InChI is InChI=1S/C13H19F2N/c1-4-5-9(2)16-10(3)12-7-6-11(14)8-13(12)15/h6-10,16H,4-5H2,1-3H3. The van der Waals surface area contributed by atoms with Crippen molar-refractivity contribution in [2.24, 2.45) is 0 Å². The van der Waals surface area contributed by atoms with Crippen LogP contribution >= 0.6 is 0 Å². The van der Waals surface area contributed by atoms with Crippen LogP contribution in [0.2, 0.25) is 0 Å². The second kappa shape index (κ2) is 5.94. The first-order valence-electron chi connectivity index (χ1n) is 5.75. The fraction of sp³-hybridized carbons (Fsp3) is 0.538. The molecule has 90 valence electrons. The van der Waals surface area contributed by atoms with E-state index in [0.717, 1.165) is 18.9 Å². The van der Waals surface area contributed by atoms with Gasteiger partial charge in [-0.3, -0.25) is 0 Å². The lowest BCUT2D eigenvalue weighted by atomic mass is 10.1. The Morgan fingerprint density at radius 2 is 1.94 bits per heavy atom. The van der Waals surface area contributed by atoms with Crippen molar-refractivity contribution in [3.05, 3.63) is 35.4 Å². The Morgan fingerprint density at radius 3 is 2.50 bits per heavy atom. The van der Waals surface area contributed by atoms with E-state index >= 15 is 0 Å². The minimum absolute atomic E-state index is 0.0952. The summed E-state index contributed by atoms with van der Waals surface area (Å²) in [6, 6.07) is 3.96. The second-order valence-electron chi connectivity index (χ2n) is 4.24. The highest BCUT2D eigenvalue weighted by Crippen LogP contribution is 2.18. The van der Waals surface area contributed by atoms with Crippen molar-refractivity contribution in [3.8, 4) is 0 Å². The van der Waals surface area contributed by atoms with Gasteiger partial charge in [-0.15, -0.1) is 0 Å². The van der Waals surface area contributed by atoms with Crippen LogP contribution in [-0.4, -0.2) is 6.04 Å². The van der Waals surface area contributed by atoms with Crippen LogP contribution in [0.5, 0.6) is 0 Å². The number of benzene rings is 1. The predicted octanol–water partition coefficient (Wildman–Crippen LogP) is 3.80. The third-order valence-corrected chi connectivity index (χ3v) is 2.69. The molecule has 0 radical (unpaired) electrons. The summed E-state index contributed by atoms with van der Waals surface area (Å²) < 4.78 is 26.2. The van der Waals surface area contributed by atoms with Crippen molar-refractivity contribution in [2.45, 2.75) is 45.7 Å². The van der Waals surface area contributed by atoms with Gasteiger partial charge < -0.3 is 5.32 Å². The van der Waals surface area contributed by atoms with E-state index < -0.39 is 11.6 Å². The monoisotopic (exact) mass is 227 g/mol. The van der Waals surface area contributed by atoms with Gasteiger partial charge in [0.15, 0.2) is 0 Å². The summed E-state index contributed by atoms with van der Waals surface area (Å²) in [7, 11) is 0. The van der Waals surface area contributed by atoms with Gasteiger partial charge in [0.2, 0.25) is 0 Å². The molecule has 0 bridgehead atoms. The first-order chi connectivity index (χ1) is 7.54. The summed E-state index contributed by atoms with van der Waals surface area (Å²) >= 11 is 0. The highest BCUT2D eigenvalue weighted by atomic mass is 19.1. The van der Waals surface area contributed by atoms with Crippen molar-refractivity contribution in [1.82, 2.24) is 5.32 Å². The molecule has 2 atom stereocenters. The maximum absolute atomic E-state index is 13.5. The maximum Gasteiger partial charge on any atom is 0.130 e. The molecule has 1 aromatic rings. The topological polar surface area (TPSA) is 12.0 Å². The summed E-state index contributed by atoms with van der Waals surface area (Å²) in [6.45, 7) is 6.07. The summed E-state index contributed by atoms with van der Waals surface area (Å²) in [6.07, 6.45) is 2.14.